The number of nitrogens with zero attached hydrogens (tertiary/aromatic N) is 5. The van der Waals surface area contributed by atoms with Gasteiger partial charge in [-0.1, -0.05) is 0 Å². The highest BCUT2D eigenvalue weighted by Gasteiger charge is 2.26. The van der Waals surface area contributed by atoms with Gasteiger partial charge >= 0.3 is 6.03 Å². The Hall–Kier alpha value is -1.60. The molecule has 0 atom stereocenters. The number of piperidine rings is 1. The van der Waals surface area contributed by atoms with Gasteiger partial charge < -0.3 is 9.80 Å². The van der Waals surface area contributed by atoms with Gasteiger partial charge in [0.1, 0.15) is 0 Å². The predicted octanol–water partition coefficient (Wildman–Crippen LogP) is 2.12. The first-order valence-electron chi connectivity index (χ1n) is 8.47. The van der Waals surface area contributed by atoms with Crippen LogP contribution < -0.4 is 0 Å². The van der Waals surface area contributed by atoms with Crippen LogP contribution in [0.3, 0.4) is 0 Å². The second-order valence-electron chi connectivity index (χ2n) is 6.42. The molecule has 2 saturated heterocycles. The van der Waals surface area contributed by atoms with Gasteiger partial charge in [0, 0.05) is 63.6 Å². The predicted molar refractivity (Wildman–Crippen MR) is 90.7 cm³/mol. The molecule has 2 aliphatic heterocycles. The van der Waals surface area contributed by atoms with Crippen LogP contribution in [-0.2, 0) is 6.54 Å². The number of hydrogen-bond acceptors (Lipinski definition) is 4. The van der Waals surface area contributed by atoms with E-state index in [1.165, 1.54) is 6.42 Å². The minimum atomic E-state index is 0.242. The number of imidazole rings is 1. The highest BCUT2D eigenvalue weighted by Crippen LogP contribution is 2.16. The number of rotatable bonds is 2. The van der Waals surface area contributed by atoms with E-state index in [2.05, 4.69) is 25.9 Å². The standard InChI is InChI=1S/C16H23N5OS/c22-16(19-4-2-1-3-5-19)20-8-6-18(7-9-20)12-14-13-21-10-11-23-15(21)17-14/h10-11,13H,1-9,12H2. The second kappa shape index (κ2) is 6.49. The van der Waals surface area contributed by atoms with Gasteiger partial charge in [0.05, 0.1) is 5.69 Å². The molecular formula is C16H23N5OS. The molecule has 0 saturated carbocycles. The van der Waals surface area contributed by atoms with Crippen LogP contribution in [0.5, 0.6) is 0 Å². The van der Waals surface area contributed by atoms with Gasteiger partial charge in [0.25, 0.3) is 0 Å². The van der Waals surface area contributed by atoms with Crippen molar-refractivity contribution >= 4 is 22.3 Å². The van der Waals surface area contributed by atoms with E-state index in [0.717, 1.165) is 69.3 Å². The molecule has 2 aliphatic rings. The Labute approximate surface area is 140 Å². The third-order valence-corrected chi connectivity index (χ3v) is 5.57. The van der Waals surface area contributed by atoms with Crippen LogP contribution in [0, 0.1) is 0 Å². The van der Waals surface area contributed by atoms with Crippen molar-refractivity contribution in [3.63, 3.8) is 0 Å². The van der Waals surface area contributed by atoms with Crippen molar-refractivity contribution in [2.24, 2.45) is 0 Å². The first-order chi connectivity index (χ1) is 11.3. The summed E-state index contributed by atoms with van der Waals surface area (Å²) in [6, 6.07) is 0.242. The molecule has 0 N–H and O–H groups in total. The minimum Gasteiger partial charge on any atom is -0.325 e. The van der Waals surface area contributed by atoms with Crippen LogP contribution >= 0.6 is 11.3 Å². The van der Waals surface area contributed by atoms with Crippen molar-refractivity contribution in [1.82, 2.24) is 24.1 Å². The smallest absolute Gasteiger partial charge is 0.320 e. The zero-order valence-corrected chi connectivity index (χ0v) is 14.2. The van der Waals surface area contributed by atoms with E-state index in [0.29, 0.717) is 0 Å². The highest BCUT2D eigenvalue weighted by molar-refractivity contribution is 7.15. The average Bonchev–Trinajstić information content (AvgIpc) is 3.17. The number of carbonyl (C=O) groups is 1. The minimum absolute atomic E-state index is 0.242. The van der Waals surface area contributed by atoms with Crippen molar-refractivity contribution in [1.29, 1.82) is 0 Å². The fourth-order valence-corrected chi connectivity index (χ4v) is 4.18. The number of thiazole rings is 1. The van der Waals surface area contributed by atoms with Crippen LogP contribution in [0.1, 0.15) is 25.0 Å². The van der Waals surface area contributed by atoms with Crippen molar-refractivity contribution in [3.05, 3.63) is 23.5 Å². The summed E-state index contributed by atoms with van der Waals surface area (Å²) in [5, 5.41) is 2.05. The maximum atomic E-state index is 12.5. The van der Waals surface area contributed by atoms with Gasteiger partial charge in [0.2, 0.25) is 0 Å². The molecule has 0 unspecified atom stereocenters. The topological polar surface area (TPSA) is 44.1 Å². The SMILES string of the molecule is O=C(N1CCCCC1)N1CCN(Cc2cn3ccsc3n2)CC1. The Balaban J connectivity index is 1.30. The number of urea groups is 1. The van der Waals surface area contributed by atoms with E-state index in [4.69, 9.17) is 0 Å². The maximum absolute atomic E-state index is 12.5. The van der Waals surface area contributed by atoms with E-state index in [-0.39, 0.29) is 6.03 Å². The summed E-state index contributed by atoms with van der Waals surface area (Å²) in [5.74, 6) is 0. The first-order valence-corrected chi connectivity index (χ1v) is 9.35. The molecule has 2 aromatic rings. The first kappa shape index (κ1) is 15.0. The molecule has 0 bridgehead atoms. The Morgan fingerprint density at radius 1 is 1.04 bits per heavy atom. The van der Waals surface area contributed by atoms with Crippen LogP contribution in [0.15, 0.2) is 17.8 Å². The molecule has 0 spiro atoms. The average molecular weight is 333 g/mol. The molecule has 6 nitrogen and oxygen atoms in total. The largest absolute Gasteiger partial charge is 0.325 e. The van der Waals surface area contributed by atoms with Crippen LogP contribution in [0.2, 0.25) is 0 Å². The van der Waals surface area contributed by atoms with Crippen molar-refractivity contribution < 1.29 is 4.79 Å². The zero-order valence-electron chi connectivity index (χ0n) is 13.4. The summed E-state index contributed by atoms with van der Waals surface area (Å²) >= 11 is 1.67. The maximum Gasteiger partial charge on any atom is 0.320 e. The number of hydrogen-bond donors (Lipinski definition) is 0. The number of aromatic nitrogens is 2. The van der Waals surface area contributed by atoms with E-state index in [1.807, 2.05) is 16.0 Å². The number of likely N-dealkylation sites (tertiary alicyclic amines) is 1. The Morgan fingerprint density at radius 3 is 2.52 bits per heavy atom. The van der Waals surface area contributed by atoms with E-state index < -0.39 is 0 Å². The van der Waals surface area contributed by atoms with Gasteiger partial charge in [-0.05, 0) is 19.3 Å². The second-order valence-corrected chi connectivity index (χ2v) is 7.29. The molecule has 2 fully saturated rings. The summed E-state index contributed by atoms with van der Waals surface area (Å²) < 4.78 is 2.08. The summed E-state index contributed by atoms with van der Waals surface area (Å²) in [4.78, 5) is 24.7. The molecule has 7 heteroatoms. The lowest BCUT2D eigenvalue weighted by atomic mass is 10.1. The third-order valence-electron chi connectivity index (χ3n) is 4.80. The Kier molecular flexibility index (Phi) is 4.22. The van der Waals surface area contributed by atoms with Crippen molar-refractivity contribution in [2.45, 2.75) is 25.8 Å². The number of fused-ring (bicyclic) bond motifs is 1. The quantitative estimate of drug-likeness (QED) is 0.845. The number of piperazine rings is 1. The zero-order chi connectivity index (χ0) is 15.6. The Bertz CT molecular complexity index is 638. The molecule has 0 radical (unpaired) electrons. The van der Waals surface area contributed by atoms with Crippen LogP contribution in [-0.4, -0.2) is 69.4 Å². The molecule has 0 aliphatic carbocycles. The molecule has 2 aromatic heterocycles. The van der Waals surface area contributed by atoms with Crippen molar-refractivity contribution in [2.75, 3.05) is 39.3 Å². The third kappa shape index (κ3) is 3.21. The molecule has 124 valence electrons. The van der Waals surface area contributed by atoms with E-state index >= 15 is 0 Å². The van der Waals surface area contributed by atoms with Gasteiger partial charge in [-0.25, -0.2) is 9.78 Å². The van der Waals surface area contributed by atoms with E-state index in [1.54, 1.807) is 11.3 Å². The number of carbonyl (C=O) groups excluding carboxylic acids is 1. The van der Waals surface area contributed by atoms with Gasteiger partial charge in [0.15, 0.2) is 4.96 Å². The van der Waals surface area contributed by atoms with Crippen LogP contribution in [0.4, 0.5) is 4.79 Å². The van der Waals surface area contributed by atoms with Gasteiger partial charge in [-0.15, -0.1) is 11.3 Å². The molecule has 2 amide bonds. The molecule has 4 rings (SSSR count). The summed E-state index contributed by atoms with van der Waals surface area (Å²) in [5.41, 5.74) is 1.12. The fourth-order valence-electron chi connectivity index (χ4n) is 3.46. The molecule has 23 heavy (non-hydrogen) atoms. The van der Waals surface area contributed by atoms with Gasteiger partial charge in [-0.2, -0.15) is 0 Å². The summed E-state index contributed by atoms with van der Waals surface area (Å²) in [7, 11) is 0. The highest BCUT2D eigenvalue weighted by atomic mass is 32.1. The molecular weight excluding hydrogens is 310 g/mol. The van der Waals surface area contributed by atoms with Gasteiger partial charge in [-0.3, -0.25) is 9.30 Å². The number of amides is 2. The Morgan fingerprint density at radius 2 is 1.78 bits per heavy atom. The lowest BCUT2D eigenvalue weighted by molar-refractivity contribution is 0.104. The fraction of sp³-hybridized carbons (Fsp3) is 0.625. The lowest BCUT2D eigenvalue weighted by Crippen LogP contribution is -2.53. The molecule has 4 heterocycles. The summed E-state index contributed by atoms with van der Waals surface area (Å²) in [6.07, 6.45) is 7.73. The molecule has 0 aromatic carbocycles. The lowest BCUT2D eigenvalue weighted by Gasteiger charge is -2.38. The van der Waals surface area contributed by atoms with E-state index in [9.17, 15) is 4.79 Å². The normalized spacial score (nSPS) is 20.3. The monoisotopic (exact) mass is 333 g/mol. The van der Waals surface area contributed by atoms with Crippen LogP contribution in [0.25, 0.3) is 4.96 Å². The summed E-state index contributed by atoms with van der Waals surface area (Å²) in [6.45, 7) is 6.28. The van der Waals surface area contributed by atoms with Crippen molar-refractivity contribution in [3.8, 4) is 0 Å².